The molecule has 1 aromatic heterocycles. The average molecular weight is 551 g/mol. The Morgan fingerprint density at radius 2 is 2.10 bits per heavy atom. The third-order valence-electron chi connectivity index (χ3n) is 10.6. The summed E-state index contributed by atoms with van der Waals surface area (Å²) in [4.78, 5) is 33.9. The number of nitrogens with one attached hydrogen (secondary N) is 1. The van der Waals surface area contributed by atoms with Crippen LogP contribution in [0.4, 0.5) is 0 Å². The van der Waals surface area contributed by atoms with Gasteiger partial charge in [0.2, 0.25) is 0 Å². The maximum absolute atomic E-state index is 13.9. The van der Waals surface area contributed by atoms with Gasteiger partial charge in [0.15, 0.2) is 16.7 Å². The van der Waals surface area contributed by atoms with Crippen LogP contribution < -0.4 is 4.74 Å². The Hall–Kier alpha value is -2.42. The van der Waals surface area contributed by atoms with E-state index in [9.17, 15) is 19.8 Å². The molecule has 0 saturated heterocycles. The molecule has 0 amide bonds. The number of ketones is 2. The first kappa shape index (κ1) is 26.8. The Kier molecular flexibility index (Phi) is 6.40. The highest BCUT2D eigenvalue weighted by Gasteiger charge is 2.70. The van der Waals surface area contributed by atoms with Crippen molar-refractivity contribution in [1.29, 1.82) is 0 Å². The molecule has 1 heterocycles. The van der Waals surface area contributed by atoms with Crippen molar-refractivity contribution in [2.75, 3.05) is 12.4 Å². The number of aliphatic hydroxyl groups is 2. The van der Waals surface area contributed by atoms with Crippen LogP contribution in [0.25, 0.3) is 11.0 Å². The fraction of sp³-hybridized carbons (Fsp3) is 0.581. The van der Waals surface area contributed by atoms with Gasteiger partial charge in [0.25, 0.3) is 0 Å². The smallest absolute Gasteiger partial charge is 0.178 e. The molecule has 6 rings (SSSR count). The zero-order chi connectivity index (χ0) is 27.7. The van der Waals surface area contributed by atoms with Crippen LogP contribution in [0.1, 0.15) is 53.4 Å². The number of ether oxygens (including phenoxy) is 1. The average Bonchev–Trinajstić information content (AvgIpc) is 3.39. The quantitative estimate of drug-likeness (QED) is 0.440. The van der Waals surface area contributed by atoms with Crippen molar-refractivity contribution in [1.82, 2.24) is 9.97 Å². The first-order valence-electron chi connectivity index (χ1n) is 14.1. The molecule has 3 saturated carbocycles. The fourth-order valence-corrected chi connectivity index (χ4v) is 9.62. The summed E-state index contributed by atoms with van der Waals surface area (Å²) < 4.78 is 5.58. The molecule has 0 radical (unpaired) electrons. The van der Waals surface area contributed by atoms with Gasteiger partial charge in [-0.15, -0.1) is 0 Å². The molecule has 0 aliphatic heterocycles. The number of nitrogens with zero attached hydrogens (tertiary/aromatic N) is 1. The van der Waals surface area contributed by atoms with Gasteiger partial charge in [0.1, 0.15) is 11.4 Å². The number of H-pyrrole nitrogens is 1. The summed E-state index contributed by atoms with van der Waals surface area (Å²) in [6, 6.07) is 5.67. The second-order valence-corrected chi connectivity index (χ2v) is 13.4. The summed E-state index contributed by atoms with van der Waals surface area (Å²) >= 11 is 1.31. The molecule has 4 aliphatic rings. The number of carbonyl (C=O) groups excluding carboxylic acids is 2. The highest BCUT2D eigenvalue weighted by atomic mass is 32.2. The van der Waals surface area contributed by atoms with Crippen molar-refractivity contribution in [3.8, 4) is 5.75 Å². The third kappa shape index (κ3) is 3.89. The van der Waals surface area contributed by atoms with Crippen molar-refractivity contribution in [2.24, 2.45) is 34.5 Å². The van der Waals surface area contributed by atoms with E-state index in [-0.39, 0.29) is 46.4 Å². The SMILES string of the molecule is CCOc1ccc2nc(SCC(=O)[C@@]3(O)[C@H](C)CC4C5CCC6=CC(=O)C=CC6(C)C5C(O)CC43C)[nH]c2c1. The van der Waals surface area contributed by atoms with E-state index in [4.69, 9.17) is 4.74 Å². The van der Waals surface area contributed by atoms with Gasteiger partial charge >= 0.3 is 0 Å². The predicted molar refractivity (Wildman–Crippen MR) is 150 cm³/mol. The van der Waals surface area contributed by atoms with E-state index in [0.717, 1.165) is 41.6 Å². The third-order valence-corrected chi connectivity index (χ3v) is 11.5. The van der Waals surface area contributed by atoms with E-state index >= 15 is 0 Å². The van der Waals surface area contributed by atoms with E-state index < -0.39 is 17.1 Å². The number of fused-ring (bicyclic) bond motifs is 6. The lowest BCUT2D eigenvalue weighted by Gasteiger charge is -2.59. The second kappa shape index (κ2) is 9.32. The lowest BCUT2D eigenvalue weighted by atomic mass is 9.46. The fourth-order valence-electron chi connectivity index (χ4n) is 8.79. The maximum atomic E-state index is 13.9. The van der Waals surface area contributed by atoms with Gasteiger partial charge < -0.3 is 19.9 Å². The molecular formula is C31H38N2O5S. The summed E-state index contributed by atoms with van der Waals surface area (Å²) in [6.45, 7) is 8.66. The van der Waals surface area contributed by atoms with Crippen LogP contribution in [-0.4, -0.2) is 55.8 Å². The van der Waals surface area contributed by atoms with E-state index in [1.165, 1.54) is 11.8 Å². The summed E-state index contributed by atoms with van der Waals surface area (Å²) in [5.74, 6) is 0.719. The normalized spacial score (nSPS) is 39.2. The highest BCUT2D eigenvalue weighted by Crippen LogP contribution is 2.68. The van der Waals surface area contributed by atoms with Gasteiger partial charge in [-0.3, -0.25) is 9.59 Å². The molecule has 4 aliphatic carbocycles. The van der Waals surface area contributed by atoms with E-state index in [2.05, 4.69) is 16.9 Å². The highest BCUT2D eigenvalue weighted by molar-refractivity contribution is 7.99. The first-order valence-corrected chi connectivity index (χ1v) is 15.1. The van der Waals surface area contributed by atoms with Crippen molar-refractivity contribution >= 4 is 34.4 Å². The summed E-state index contributed by atoms with van der Waals surface area (Å²) in [5, 5.41) is 24.5. The van der Waals surface area contributed by atoms with Crippen LogP contribution in [0.2, 0.25) is 0 Å². The largest absolute Gasteiger partial charge is 0.494 e. The number of rotatable bonds is 6. The number of imidazole rings is 1. The van der Waals surface area contributed by atoms with Gasteiger partial charge in [-0.25, -0.2) is 4.98 Å². The van der Waals surface area contributed by atoms with E-state index in [1.807, 2.05) is 45.0 Å². The molecule has 1 aromatic carbocycles. The van der Waals surface area contributed by atoms with Gasteiger partial charge in [-0.05, 0) is 74.6 Å². The van der Waals surface area contributed by atoms with Crippen molar-refractivity contribution in [3.63, 3.8) is 0 Å². The lowest BCUT2D eigenvalue weighted by molar-refractivity contribution is -0.179. The van der Waals surface area contributed by atoms with E-state index in [0.29, 0.717) is 18.2 Å². The molecule has 208 valence electrons. The van der Waals surface area contributed by atoms with Crippen molar-refractivity contribution in [2.45, 2.75) is 70.2 Å². The molecular weight excluding hydrogens is 512 g/mol. The Bertz CT molecular complexity index is 1400. The number of hydrogen-bond donors (Lipinski definition) is 3. The Balaban J connectivity index is 1.24. The minimum atomic E-state index is -1.53. The van der Waals surface area contributed by atoms with Crippen molar-refractivity contribution < 1.29 is 24.5 Å². The standard InChI is InChI=1S/C31H38N2O5S/c1-5-38-20-7-9-23-24(14-20)33-28(32-23)39-16-26(36)31(37)17(2)12-22-21-8-6-18-13-19(34)10-11-29(18,3)27(21)25(35)15-30(22,31)4/h7,9-11,13-14,17,21-22,25,27,35,37H,5-6,8,12,15-16H2,1-4H3,(H,32,33)/t17-,21?,22?,25?,27?,29?,30?,31+/m1/s1. The number of hydrogen-bond acceptors (Lipinski definition) is 7. The topological polar surface area (TPSA) is 113 Å². The Morgan fingerprint density at radius 3 is 2.87 bits per heavy atom. The molecule has 0 spiro atoms. The molecule has 6 unspecified atom stereocenters. The van der Waals surface area contributed by atoms with Crippen LogP contribution in [-0.2, 0) is 9.59 Å². The molecule has 7 nitrogen and oxygen atoms in total. The molecule has 8 heteroatoms. The predicted octanol–water partition coefficient (Wildman–Crippen LogP) is 4.88. The minimum absolute atomic E-state index is 0.0159. The number of benzene rings is 1. The Morgan fingerprint density at radius 1 is 1.31 bits per heavy atom. The van der Waals surface area contributed by atoms with Gasteiger partial charge in [0, 0.05) is 22.8 Å². The number of aromatic amines is 1. The number of carbonyl (C=O) groups is 2. The monoisotopic (exact) mass is 550 g/mol. The maximum Gasteiger partial charge on any atom is 0.178 e. The molecule has 2 aromatic rings. The minimum Gasteiger partial charge on any atom is -0.494 e. The molecule has 8 atom stereocenters. The zero-order valence-electron chi connectivity index (χ0n) is 23.1. The number of thioether (sulfide) groups is 1. The van der Waals surface area contributed by atoms with Crippen LogP contribution in [0, 0.1) is 34.5 Å². The summed E-state index contributed by atoms with van der Waals surface area (Å²) in [6.07, 6.45) is 7.49. The first-order chi connectivity index (χ1) is 18.5. The lowest BCUT2D eigenvalue weighted by Crippen LogP contribution is -2.62. The van der Waals surface area contributed by atoms with Crippen LogP contribution in [0.5, 0.6) is 5.75 Å². The van der Waals surface area contributed by atoms with Gasteiger partial charge in [-0.1, -0.05) is 44.2 Å². The summed E-state index contributed by atoms with van der Waals surface area (Å²) in [7, 11) is 0. The molecule has 3 N–H and O–H groups in total. The van der Waals surface area contributed by atoms with Crippen LogP contribution in [0.3, 0.4) is 0 Å². The van der Waals surface area contributed by atoms with E-state index in [1.54, 1.807) is 12.2 Å². The molecule has 3 fully saturated rings. The number of aromatic nitrogens is 2. The van der Waals surface area contributed by atoms with Gasteiger partial charge in [-0.2, -0.15) is 0 Å². The van der Waals surface area contributed by atoms with Gasteiger partial charge in [0.05, 0.1) is 29.5 Å². The number of allylic oxidation sites excluding steroid dienone is 4. The molecule has 39 heavy (non-hydrogen) atoms. The van der Waals surface area contributed by atoms with Crippen molar-refractivity contribution in [3.05, 3.63) is 42.0 Å². The van der Waals surface area contributed by atoms with Crippen LogP contribution in [0.15, 0.2) is 47.2 Å². The summed E-state index contributed by atoms with van der Waals surface area (Å²) in [5.41, 5.74) is 0.121. The number of Topliss-reactive ketones (excluding diaryl/α,β-unsaturated/α-hetero) is 1. The zero-order valence-corrected chi connectivity index (χ0v) is 23.9. The molecule has 0 bridgehead atoms. The number of aliphatic hydroxyl groups excluding tert-OH is 1. The van der Waals surface area contributed by atoms with Crippen LogP contribution >= 0.6 is 11.8 Å². The second-order valence-electron chi connectivity index (χ2n) is 12.5. The Labute approximate surface area is 233 Å².